The third-order valence-corrected chi connectivity index (χ3v) is 10.2. The van der Waals surface area contributed by atoms with Gasteiger partial charge in [0.05, 0.1) is 0 Å². The van der Waals surface area contributed by atoms with Gasteiger partial charge in [0.1, 0.15) is 0 Å². The molecule has 0 spiro atoms. The van der Waals surface area contributed by atoms with Crippen LogP contribution in [0.1, 0.15) is 64.2 Å². The summed E-state index contributed by atoms with van der Waals surface area (Å²) in [4.78, 5) is 0. The minimum Gasteiger partial charge on any atom is -0.388 e. The second kappa shape index (κ2) is 9.24. The van der Waals surface area contributed by atoms with Crippen molar-refractivity contribution < 1.29 is 0 Å². The standard InChI is InChI=1S/C25H34NP/c1-26-21-18-16-20(17-19-21)24-14-8-9-15-25(24)27(22-10-4-2-5-11-22)23-12-6-3-7-13-23/h8-9,14-19,22-23,26H,2-7,10-13H2,1H3. The van der Waals surface area contributed by atoms with Crippen molar-refractivity contribution in [3.05, 3.63) is 48.5 Å². The maximum Gasteiger partial charge on any atom is 0.0337 e. The molecule has 0 amide bonds. The molecule has 0 unspecified atom stereocenters. The Balaban J connectivity index is 1.72. The molecule has 4 rings (SSSR count). The van der Waals surface area contributed by atoms with E-state index in [1.165, 1.54) is 81.0 Å². The molecule has 1 nitrogen and oxygen atoms in total. The first-order valence-corrected chi connectivity index (χ1v) is 12.5. The van der Waals surface area contributed by atoms with Gasteiger partial charge in [-0.3, -0.25) is 0 Å². The van der Waals surface area contributed by atoms with Crippen LogP contribution in [0.3, 0.4) is 0 Å². The average Bonchev–Trinajstić information content (AvgIpc) is 2.76. The summed E-state index contributed by atoms with van der Waals surface area (Å²) in [6.07, 6.45) is 14.6. The van der Waals surface area contributed by atoms with E-state index in [4.69, 9.17) is 0 Å². The molecular formula is C25H34NP. The fourth-order valence-corrected chi connectivity index (χ4v) is 9.14. The Morgan fingerprint density at radius 3 is 1.81 bits per heavy atom. The Hall–Kier alpha value is -1.33. The third kappa shape index (κ3) is 4.40. The lowest BCUT2D eigenvalue weighted by molar-refractivity contribution is 0.487. The summed E-state index contributed by atoms with van der Waals surface area (Å²) >= 11 is 0. The molecule has 0 aromatic heterocycles. The molecule has 0 saturated heterocycles. The SMILES string of the molecule is CNc1ccc(-c2ccccc2P(C2CCCCC2)C2CCCCC2)cc1. The monoisotopic (exact) mass is 379 g/mol. The predicted octanol–water partition coefficient (Wildman–Crippen LogP) is 7.17. The molecule has 1 N–H and O–H groups in total. The smallest absolute Gasteiger partial charge is 0.0337 e. The minimum absolute atomic E-state index is 0.0634. The molecule has 2 aliphatic carbocycles. The lowest BCUT2D eigenvalue weighted by Crippen LogP contribution is -2.27. The van der Waals surface area contributed by atoms with E-state index in [-0.39, 0.29) is 7.92 Å². The summed E-state index contributed by atoms with van der Waals surface area (Å²) in [5.74, 6) is 0. The Kier molecular flexibility index (Phi) is 6.51. The first kappa shape index (κ1) is 19.0. The molecule has 2 aromatic carbocycles. The number of benzene rings is 2. The average molecular weight is 380 g/mol. The highest BCUT2D eigenvalue weighted by Gasteiger charge is 2.33. The van der Waals surface area contributed by atoms with Crippen LogP contribution in [0.4, 0.5) is 5.69 Å². The van der Waals surface area contributed by atoms with E-state index in [0.29, 0.717) is 0 Å². The van der Waals surface area contributed by atoms with Crippen LogP contribution in [-0.2, 0) is 0 Å². The molecule has 0 bridgehead atoms. The normalized spacial score (nSPS) is 19.3. The second-order valence-corrected chi connectivity index (χ2v) is 11.1. The van der Waals surface area contributed by atoms with E-state index in [1.54, 1.807) is 5.30 Å². The Morgan fingerprint density at radius 2 is 1.26 bits per heavy atom. The molecule has 0 aliphatic heterocycles. The molecule has 0 radical (unpaired) electrons. The highest BCUT2D eigenvalue weighted by Crippen LogP contribution is 2.56. The largest absolute Gasteiger partial charge is 0.388 e. The topological polar surface area (TPSA) is 12.0 Å². The highest BCUT2D eigenvalue weighted by molar-refractivity contribution is 7.67. The molecule has 2 heteroatoms. The quantitative estimate of drug-likeness (QED) is 0.543. The van der Waals surface area contributed by atoms with E-state index in [9.17, 15) is 0 Å². The molecule has 2 aliphatic rings. The summed E-state index contributed by atoms with van der Waals surface area (Å²) in [6, 6.07) is 18.4. The van der Waals surface area contributed by atoms with Crippen LogP contribution in [0.5, 0.6) is 0 Å². The van der Waals surface area contributed by atoms with Gasteiger partial charge in [-0.1, -0.05) is 82.8 Å². The number of anilines is 1. The summed E-state index contributed by atoms with van der Waals surface area (Å²) in [6.45, 7) is 0. The van der Waals surface area contributed by atoms with Gasteiger partial charge in [0.15, 0.2) is 0 Å². The van der Waals surface area contributed by atoms with Crippen molar-refractivity contribution in [3.8, 4) is 11.1 Å². The van der Waals surface area contributed by atoms with E-state index in [0.717, 1.165) is 11.3 Å². The lowest BCUT2D eigenvalue weighted by Gasteiger charge is -2.39. The van der Waals surface area contributed by atoms with Gasteiger partial charge in [-0.25, -0.2) is 0 Å². The van der Waals surface area contributed by atoms with Crippen LogP contribution >= 0.6 is 7.92 Å². The third-order valence-electron chi connectivity index (χ3n) is 6.60. The van der Waals surface area contributed by atoms with E-state index < -0.39 is 0 Å². The summed E-state index contributed by atoms with van der Waals surface area (Å²) < 4.78 is 0. The zero-order valence-electron chi connectivity index (χ0n) is 16.8. The minimum atomic E-state index is -0.0634. The van der Waals surface area contributed by atoms with Crippen molar-refractivity contribution in [1.29, 1.82) is 0 Å². The van der Waals surface area contributed by atoms with Gasteiger partial charge in [0.25, 0.3) is 0 Å². The maximum absolute atomic E-state index is 3.25. The Bertz CT molecular complexity index is 693. The van der Waals surface area contributed by atoms with Gasteiger partial charge in [-0.2, -0.15) is 0 Å². The molecule has 144 valence electrons. The molecule has 27 heavy (non-hydrogen) atoms. The van der Waals surface area contributed by atoms with Crippen LogP contribution < -0.4 is 10.6 Å². The van der Waals surface area contributed by atoms with Crippen LogP contribution in [-0.4, -0.2) is 18.4 Å². The molecule has 2 saturated carbocycles. The molecule has 0 atom stereocenters. The zero-order valence-corrected chi connectivity index (χ0v) is 17.7. The summed E-state index contributed by atoms with van der Waals surface area (Å²) in [7, 11) is 1.93. The molecule has 0 heterocycles. The summed E-state index contributed by atoms with van der Waals surface area (Å²) in [5.41, 5.74) is 5.99. The van der Waals surface area contributed by atoms with Gasteiger partial charge in [-0.05, 0) is 65.6 Å². The first-order valence-electron chi connectivity index (χ1n) is 11.0. The van der Waals surface area contributed by atoms with E-state index in [2.05, 4.69) is 53.8 Å². The van der Waals surface area contributed by atoms with Gasteiger partial charge in [0, 0.05) is 12.7 Å². The number of hydrogen-bond donors (Lipinski definition) is 1. The molecular weight excluding hydrogens is 345 g/mol. The van der Waals surface area contributed by atoms with E-state index >= 15 is 0 Å². The first-order chi connectivity index (χ1) is 13.4. The second-order valence-electron chi connectivity index (χ2n) is 8.34. The Labute approximate surface area is 166 Å². The van der Waals surface area contributed by atoms with Gasteiger partial charge in [-0.15, -0.1) is 0 Å². The van der Waals surface area contributed by atoms with Gasteiger partial charge in [0.2, 0.25) is 0 Å². The van der Waals surface area contributed by atoms with Crippen LogP contribution in [0.25, 0.3) is 11.1 Å². The molecule has 2 aromatic rings. The van der Waals surface area contributed by atoms with Crippen molar-refractivity contribution in [2.24, 2.45) is 0 Å². The fraction of sp³-hybridized carbons (Fsp3) is 0.520. The van der Waals surface area contributed by atoms with Gasteiger partial charge < -0.3 is 5.32 Å². The number of hydrogen-bond acceptors (Lipinski definition) is 1. The lowest BCUT2D eigenvalue weighted by atomic mass is 9.99. The van der Waals surface area contributed by atoms with Crippen molar-refractivity contribution in [1.82, 2.24) is 0 Å². The van der Waals surface area contributed by atoms with E-state index in [1.807, 2.05) is 7.05 Å². The maximum atomic E-state index is 3.25. The van der Waals surface area contributed by atoms with Crippen LogP contribution in [0, 0.1) is 0 Å². The zero-order chi connectivity index (χ0) is 18.5. The summed E-state index contributed by atoms with van der Waals surface area (Å²) in [5, 5.41) is 4.95. The fourth-order valence-electron chi connectivity index (χ4n) is 5.17. The van der Waals surface area contributed by atoms with Crippen molar-refractivity contribution in [3.63, 3.8) is 0 Å². The van der Waals surface area contributed by atoms with Crippen molar-refractivity contribution >= 4 is 18.9 Å². The van der Waals surface area contributed by atoms with Crippen LogP contribution in [0.15, 0.2) is 48.5 Å². The predicted molar refractivity (Wildman–Crippen MR) is 122 cm³/mol. The van der Waals surface area contributed by atoms with Crippen molar-refractivity contribution in [2.75, 3.05) is 12.4 Å². The number of rotatable bonds is 5. The van der Waals surface area contributed by atoms with Gasteiger partial charge >= 0.3 is 0 Å². The van der Waals surface area contributed by atoms with Crippen molar-refractivity contribution in [2.45, 2.75) is 75.5 Å². The number of nitrogens with one attached hydrogen (secondary N) is 1. The Morgan fingerprint density at radius 1 is 0.704 bits per heavy atom. The molecule has 2 fully saturated rings. The van der Waals surface area contributed by atoms with Crippen LogP contribution in [0.2, 0.25) is 0 Å². The highest BCUT2D eigenvalue weighted by atomic mass is 31.1.